The van der Waals surface area contributed by atoms with E-state index in [0.717, 1.165) is 5.56 Å². The Morgan fingerprint density at radius 2 is 1.70 bits per heavy atom. The van der Waals surface area contributed by atoms with Gasteiger partial charge in [-0.05, 0) is 61.4 Å². The number of hydrogen-bond acceptors (Lipinski definition) is 5. The molecule has 0 unspecified atom stereocenters. The summed E-state index contributed by atoms with van der Waals surface area (Å²) in [5.74, 6) is 0.569. The first kappa shape index (κ1) is 24.4. The van der Waals surface area contributed by atoms with Gasteiger partial charge >= 0.3 is 0 Å². The number of benzene rings is 3. The zero-order valence-electron chi connectivity index (χ0n) is 18.1. The van der Waals surface area contributed by atoms with Crippen molar-refractivity contribution >= 4 is 33.2 Å². The molecule has 0 spiro atoms. The highest BCUT2D eigenvalue weighted by Crippen LogP contribution is 2.28. The van der Waals surface area contributed by atoms with Crippen LogP contribution in [0, 0.1) is 0 Å². The molecule has 0 aliphatic heterocycles. The van der Waals surface area contributed by atoms with Gasteiger partial charge in [0.25, 0.3) is 15.9 Å². The van der Waals surface area contributed by atoms with Gasteiger partial charge in [-0.3, -0.25) is 9.52 Å². The highest BCUT2D eigenvalue weighted by Gasteiger charge is 2.17. The van der Waals surface area contributed by atoms with Crippen LogP contribution >= 0.6 is 11.6 Å². The molecule has 3 aromatic carbocycles. The van der Waals surface area contributed by atoms with Gasteiger partial charge in [0.15, 0.2) is 6.61 Å². The Hall–Kier alpha value is -3.23. The van der Waals surface area contributed by atoms with E-state index in [2.05, 4.69) is 10.0 Å². The lowest BCUT2D eigenvalue weighted by molar-refractivity contribution is -0.123. The molecule has 174 valence electrons. The highest BCUT2D eigenvalue weighted by atomic mass is 35.5. The molecule has 0 aliphatic rings. The third-order valence-corrected chi connectivity index (χ3v) is 6.24. The summed E-state index contributed by atoms with van der Waals surface area (Å²) < 4.78 is 38.6. The summed E-state index contributed by atoms with van der Waals surface area (Å²) in [7, 11) is -3.86. The van der Waals surface area contributed by atoms with Crippen LogP contribution in [0.3, 0.4) is 0 Å². The van der Waals surface area contributed by atoms with Crippen molar-refractivity contribution in [3.63, 3.8) is 0 Å². The normalized spacial score (nSPS) is 11.0. The second-order valence-corrected chi connectivity index (χ2v) is 9.12. The highest BCUT2D eigenvalue weighted by molar-refractivity contribution is 7.92. The van der Waals surface area contributed by atoms with Gasteiger partial charge in [-0.25, -0.2) is 8.42 Å². The van der Waals surface area contributed by atoms with Crippen LogP contribution in [0.15, 0.2) is 77.7 Å². The molecule has 1 amide bonds. The Kier molecular flexibility index (Phi) is 8.57. The smallest absolute Gasteiger partial charge is 0.261 e. The van der Waals surface area contributed by atoms with Gasteiger partial charge < -0.3 is 14.8 Å². The van der Waals surface area contributed by atoms with Crippen molar-refractivity contribution in [2.45, 2.75) is 18.2 Å². The maximum Gasteiger partial charge on any atom is 0.261 e. The van der Waals surface area contributed by atoms with Gasteiger partial charge in [0.05, 0.1) is 16.5 Å². The molecule has 0 aromatic heterocycles. The maximum atomic E-state index is 12.7. The molecule has 7 nitrogen and oxygen atoms in total. The third-order valence-electron chi connectivity index (χ3n) is 4.57. The predicted octanol–water partition coefficient (Wildman–Crippen LogP) is 4.28. The lowest BCUT2D eigenvalue weighted by Gasteiger charge is -2.12. The summed E-state index contributed by atoms with van der Waals surface area (Å²) >= 11 is 6.20. The molecule has 3 aromatic rings. The average Bonchev–Trinajstić information content (AvgIpc) is 2.80. The zero-order chi connectivity index (χ0) is 23.7. The van der Waals surface area contributed by atoms with Crippen LogP contribution in [0.4, 0.5) is 5.69 Å². The van der Waals surface area contributed by atoms with Crippen molar-refractivity contribution in [3.8, 4) is 11.5 Å². The van der Waals surface area contributed by atoms with Crippen molar-refractivity contribution in [3.05, 3.63) is 83.4 Å². The molecule has 0 saturated heterocycles. The Bertz CT molecular complexity index is 1170. The molecule has 9 heteroatoms. The molecular formula is C24H25ClN2O5S. The largest absolute Gasteiger partial charge is 0.494 e. The monoisotopic (exact) mass is 488 g/mol. The second-order valence-electron chi connectivity index (χ2n) is 7.03. The van der Waals surface area contributed by atoms with Gasteiger partial charge in [-0.1, -0.05) is 41.9 Å². The first-order valence-electron chi connectivity index (χ1n) is 10.4. The van der Waals surface area contributed by atoms with Crippen LogP contribution in [0.2, 0.25) is 5.02 Å². The van der Waals surface area contributed by atoms with Crippen LogP contribution in [-0.2, 0) is 21.2 Å². The third kappa shape index (κ3) is 7.40. The number of hydrogen-bond donors (Lipinski definition) is 2. The van der Waals surface area contributed by atoms with Crippen LogP contribution < -0.4 is 19.5 Å². The summed E-state index contributed by atoms with van der Waals surface area (Å²) in [6.07, 6.45) is 0.710. The zero-order valence-corrected chi connectivity index (χ0v) is 19.7. The fourth-order valence-corrected chi connectivity index (χ4v) is 4.34. The molecule has 0 radical (unpaired) electrons. The molecule has 3 rings (SSSR count). The summed E-state index contributed by atoms with van der Waals surface area (Å²) in [4.78, 5) is 12.0. The van der Waals surface area contributed by atoms with E-state index in [1.54, 1.807) is 24.3 Å². The molecule has 0 aliphatic carbocycles. The minimum absolute atomic E-state index is 0.0268. The Morgan fingerprint density at radius 3 is 2.36 bits per heavy atom. The number of anilines is 1. The fourth-order valence-electron chi connectivity index (χ4n) is 2.95. The Labute approximate surface area is 198 Å². The van der Waals surface area contributed by atoms with E-state index < -0.39 is 10.0 Å². The lowest BCUT2D eigenvalue weighted by Crippen LogP contribution is -2.30. The van der Waals surface area contributed by atoms with Gasteiger partial charge in [-0.15, -0.1) is 0 Å². The van der Waals surface area contributed by atoms with Crippen LogP contribution in [0.5, 0.6) is 11.5 Å². The Balaban J connectivity index is 1.53. The topological polar surface area (TPSA) is 93.7 Å². The fraction of sp³-hybridized carbons (Fsp3) is 0.208. The molecule has 0 saturated carbocycles. The molecule has 0 heterocycles. The quantitative estimate of drug-likeness (QED) is 0.420. The molecular weight excluding hydrogens is 464 g/mol. The summed E-state index contributed by atoms with van der Waals surface area (Å²) in [5.41, 5.74) is 1.51. The van der Waals surface area contributed by atoms with Crippen molar-refractivity contribution in [2.24, 2.45) is 0 Å². The van der Waals surface area contributed by atoms with Crippen LogP contribution in [0.25, 0.3) is 0 Å². The molecule has 33 heavy (non-hydrogen) atoms. The molecule has 2 N–H and O–H groups in total. The van der Waals surface area contributed by atoms with Crippen molar-refractivity contribution in [1.82, 2.24) is 5.32 Å². The SMILES string of the molecule is CCOc1ccc(NS(=O)(=O)c2ccc(OCC(=O)NCCc3ccccc3)c(Cl)c2)cc1. The lowest BCUT2D eigenvalue weighted by atomic mass is 10.1. The number of rotatable bonds is 11. The maximum absolute atomic E-state index is 12.7. The van der Waals surface area contributed by atoms with Crippen molar-refractivity contribution < 1.29 is 22.7 Å². The molecule has 0 atom stereocenters. The second kappa shape index (κ2) is 11.6. The van der Waals surface area contributed by atoms with E-state index in [-0.39, 0.29) is 28.2 Å². The standard InChI is InChI=1S/C24H25ClN2O5S/c1-2-31-20-10-8-19(9-11-20)27-33(29,30)21-12-13-23(22(25)16-21)32-17-24(28)26-15-14-18-6-4-3-5-7-18/h3-13,16,27H,2,14-15,17H2,1H3,(H,26,28). The number of halogens is 1. The number of amides is 1. The van der Waals surface area contributed by atoms with Crippen molar-refractivity contribution in [2.75, 3.05) is 24.5 Å². The number of nitrogens with one attached hydrogen (secondary N) is 2. The van der Waals surface area contributed by atoms with Gasteiger partial charge in [0.1, 0.15) is 11.5 Å². The first-order chi connectivity index (χ1) is 15.9. The number of ether oxygens (including phenoxy) is 2. The first-order valence-corrected chi connectivity index (χ1v) is 12.2. The molecule has 0 fully saturated rings. The summed E-state index contributed by atoms with van der Waals surface area (Å²) in [6.45, 7) is 2.64. The average molecular weight is 489 g/mol. The van der Waals surface area contributed by atoms with E-state index in [4.69, 9.17) is 21.1 Å². The predicted molar refractivity (Wildman–Crippen MR) is 129 cm³/mol. The number of sulfonamides is 1. The van der Waals surface area contributed by atoms with Crippen LogP contribution in [0.1, 0.15) is 12.5 Å². The number of carbonyl (C=O) groups excluding carboxylic acids is 1. The van der Waals surface area contributed by atoms with E-state index in [1.807, 2.05) is 37.3 Å². The molecule has 0 bridgehead atoms. The minimum Gasteiger partial charge on any atom is -0.494 e. The van der Waals surface area contributed by atoms with Crippen molar-refractivity contribution in [1.29, 1.82) is 0 Å². The minimum atomic E-state index is -3.86. The van der Waals surface area contributed by atoms with Gasteiger partial charge in [0, 0.05) is 12.2 Å². The Morgan fingerprint density at radius 1 is 0.970 bits per heavy atom. The van der Waals surface area contributed by atoms with Gasteiger partial charge in [-0.2, -0.15) is 0 Å². The van der Waals surface area contributed by atoms with E-state index >= 15 is 0 Å². The van der Waals surface area contributed by atoms with Gasteiger partial charge in [0.2, 0.25) is 0 Å². The van der Waals surface area contributed by atoms with E-state index in [1.165, 1.54) is 18.2 Å². The number of carbonyl (C=O) groups is 1. The summed E-state index contributed by atoms with van der Waals surface area (Å²) in [6, 6.07) is 20.4. The van der Waals surface area contributed by atoms with E-state index in [9.17, 15) is 13.2 Å². The van der Waals surface area contributed by atoms with Crippen LogP contribution in [-0.4, -0.2) is 34.1 Å². The summed E-state index contributed by atoms with van der Waals surface area (Å²) in [5, 5.41) is 2.86. The van der Waals surface area contributed by atoms with E-state index in [0.29, 0.717) is 31.0 Å².